The highest BCUT2D eigenvalue weighted by Gasteiger charge is 2.64. The van der Waals surface area contributed by atoms with Crippen LogP contribution in [0.2, 0.25) is 0 Å². The fraction of sp³-hybridized carbons (Fsp3) is 0.700. The SMILES string of the molecule is CC(C)(C)C1CC2C(c3ccccc31)C(C)(C)C2(C)C. The highest BCUT2D eigenvalue weighted by molar-refractivity contribution is 5.43. The smallest absolute Gasteiger partial charge is 0.00687 e. The second-order valence-corrected chi connectivity index (χ2v) is 9.31. The van der Waals surface area contributed by atoms with Crippen LogP contribution in [0.4, 0.5) is 0 Å². The van der Waals surface area contributed by atoms with Gasteiger partial charge in [0, 0.05) is 0 Å². The van der Waals surface area contributed by atoms with E-state index in [-0.39, 0.29) is 0 Å². The minimum Gasteiger partial charge on any atom is -0.0620 e. The predicted molar refractivity (Wildman–Crippen MR) is 87.0 cm³/mol. The van der Waals surface area contributed by atoms with Crippen LogP contribution in [0, 0.1) is 22.2 Å². The Morgan fingerprint density at radius 2 is 1.45 bits per heavy atom. The summed E-state index contributed by atoms with van der Waals surface area (Å²) in [5.41, 5.74) is 4.50. The van der Waals surface area contributed by atoms with E-state index in [1.54, 1.807) is 11.1 Å². The van der Waals surface area contributed by atoms with Gasteiger partial charge >= 0.3 is 0 Å². The first-order valence-corrected chi connectivity index (χ1v) is 8.17. The highest BCUT2D eigenvalue weighted by Crippen LogP contribution is 2.73. The summed E-state index contributed by atoms with van der Waals surface area (Å²) >= 11 is 0. The molecule has 0 bridgehead atoms. The van der Waals surface area contributed by atoms with E-state index in [2.05, 4.69) is 72.7 Å². The quantitative estimate of drug-likeness (QED) is 0.543. The molecule has 3 unspecified atom stereocenters. The van der Waals surface area contributed by atoms with Gasteiger partial charge in [-0.3, -0.25) is 0 Å². The molecule has 0 N–H and O–H groups in total. The summed E-state index contributed by atoms with van der Waals surface area (Å²) in [7, 11) is 0. The summed E-state index contributed by atoms with van der Waals surface area (Å²) in [6, 6.07) is 9.27. The minimum absolute atomic E-state index is 0.358. The van der Waals surface area contributed by atoms with Crippen molar-refractivity contribution in [3.8, 4) is 0 Å². The topological polar surface area (TPSA) is 0 Å². The first kappa shape index (κ1) is 14.2. The minimum atomic E-state index is 0.358. The van der Waals surface area contributed by atoms with Crippen LogP contribution in [-0.2, 0) is 0 Å². The van der Waals surface area contributed by atoms with Crippen molar-refractivity contribution in [1.29, 1.82) is 0 Å². The van der Waals surface area contributed by atoms with E-state index in [0.29, 0.717) is 22.2 Å². The third-order valence-electron chi connectivity index (χ3n) is 7.01. The molecule has 3 rings (SSSR count). The van der Waals surface area contributed by atoms with Crippen molar-refractivity contribution in [1.82, 2.24) is 0 Å². The zero-order chi connectivity index (χ0) is 14.9. The van der Waals surface area contributed by atoms with Crippen LogP contribution in [0.5, 0.6) is 0 Å². The van der Waals surface area contributed by atoms with Crippen molar-refractivity contribution in [2.45, 2.75) is 66.7 Å². The molecule has 1 fully saturated rings. The number of hydrogen-bond acceptors (Lipinski definition) is 0. The molecule has 0 heteroatoms. The molecule has 2 aliphatic carbocycles. The number of hydrogen-bond donors (Lipinski definition) is 0. The first-order chi connectivity index (χ1) is 9.08. The van der Waals surface area contributed by atoms with Crippen LogP contribution >= 0.6 is 0 Å². The highest BCUT2D eigenvalue weighted by atomic mass is 14.7. The van der Waals surface area contributed by atoms with E-state index in [9.17, 15) is 0 Å². The van der Waals surface area contributed by atoms with Crippen LogP contribution in [0.15, 0.2) is 24.3 Å². The average Bonchev–Trinajstić information content (AvgIpc) is 2.35. The van der Waals surface area contributed by atoms with E-state index in [1.807, 2.05) is 0 Å². The molecule has 0 saturated heterocycles. The molecule has 1 saturated carbocycles. The molecule has 0 nitrogen and oxygen atoms in total. The fourth-order valence-electron chi connectivity index (χ4n) is 5.05. The molecule has 20 heavy (non-hydrogen) atoms. The Balaban J connectivity index is 2.14. The Morgan fingerprint density at radius 1 is 0.900 bits per heavy atom. The van der Waals surface area contributed by atoms with E-state index in [0.717, 1.165) is 11.8 Å². The molecule has 110 valence electrons. The Kier molecular flexibility index (Phi) is 2.76. The van der Waals surface area contributed by atoms with Crippen LogP contribution in [0.25, 0.3) is 0 Å². The number of fused-ring (bicyclic) bond motifs is 3. The van der Waals surface area contributed by atoms with Gasteiger partial charge in [-0.2, -0.15) is 0 Å². The molecule has 1 aromatic rings. The normalized spacial score (nSPS) is 33.9. The van der Waals surface area contributed by atoms with Gasteiger partial charge in [0.2, 0.25) is 0 Å². The van der Waals surface area contributed by atoms with E-state index in [1.165, 1.54) is 6.42 Å². The van der Waals surface area contributed by atoms with Gasteiger partial charge in [0.1, 0.15) is 0 Å². The standard InChI is InChI=1S/C20H30/c1-18(2,3)15-12-16-17(20(6,7)19(16,4)5)14-11-9-8-10-13(14)15/h8-11,15-17H,12H2,1-7H3. The Hall–Kier alpha value is -0.780. The van der Waals surface area contributed by atoms with Gasteiger partial charge in [0.05, 0.1) is 0 Å². The van der Waals surface area contributed by atoms with Crippen LogP contribution in [0.1, 0.15) is 77.8 Å². The maximum atomic E-state index is 2.49. The largest absolute Gasteiger partial charge is 0.0620 e. The molecule has 3 atom stereocenters. The lowest BCUT2D eigenvalue weighted by Gasteiger charge is -2.69. The van der Waals surface area contributed by atoms with Crippen molar-refractivity contribution in [3.05, 3.63) is 35.4 Å². The third kappa shape index (κ3) is 1.60. The molecular weight excluding hydrogens is 240 g/mol. The number of rotatable bonds is 0. The van der Waals surface area contributed by atoms with Crippen molar-refractivity contribution in [3.63, 3.8) is 0 Å². The lowest BCUT2D eigenvalue weighted by molar-refractivity contribution is -0.140. The van der Waals surface area contributed by atoms with Crippen LogP contribution in [0.3, 0.4) is 0 Å². The van der Waals surface area contributed by atoms with Gasteiger partial charge in [0.25, 0.3) is 0 Å². The molecule has 1 aromatic carbocycles. The third-order valence-corrected chi connectivity index (χ3v) is 7.01. The first-order valence-electron chi connectivity index (χ1n) is 8.17. The van der Waals surface area contributed by atoms with Gasteiger partial charge in [-0.25, -0.2) is 0 Å². The number of benzene rings is 1. The Bertz CT molecular complexity index is 527. The lowest BCUT2D eigenvalue weighted by atomic mass is 9.35. The summed E-state index contributed by atoms with van der Waals surface area (Å²) in [6.45, 7) is 17.1. The zero-order valence-corrected chi connectivity index (χ0v) is 14.2. The maximum Gasteiger partial charge on any atom is -0.00687 e. The molecule has 0 heterocycles. The van der Waals surface area contributed by atoms with Crippen molar-refractivity contribution in [2.24, 2.45) is 22.2 Å². The monoisotopic (exact) mass is 270 g/mol. The van der Waals surface area contributed by atoms with Gasteiger partial charge in [-0.05, 0) is 51.5 Å². The average molecular weight is 270 g/mol. The lowest BCUT2D eigenvalue weighted by Crippen LogP contribution is -2.60. The molecule has 0 amide bonds. The van der Waals surface area contributed by atoms with E-state index < -0.39 is 0 Å². The van der Waals surface area contributed by atoms with E-state index >= 15 is 0 Å². The van der Waals surface area contributed by atoms with Crippen LogP contribution < -0.4 is 0 Å². The molecule has 0 radical (unpaired) electrons. The van der Waals surface area contributed by atoms with Crippen molar-refractivity contribution in [2.75, 3.05) is 0 Å². The summed E-state index contributed by atoms with van der Waals surface area (Å²) in [5, 5.41) is 0. The molecular formula is C20H30. The van der Waals surface area contributed by atoms with Gasteiger partial charge < -0.3 is 0 Å². The summed E-state index contributed by atoms with van der Waals surface area (Å²) < 4.78 is 0. The van der Waals surface area contributed by atoms with Crippen LogP contribution in [-0.4, -0.2) is 0 Å². The Morgan fingerprint density at radius 3 is 2.00 bits per heavy atom. The summed E-state index contributed by atoms with van der Waals surface area (Å²) in [4.78, 5) is 0. The summed E-state index contributed by atoms with van der Waals surface area (Å²) in [6.07, 6.45) is 1.36. The summed E-state index contributed by atoms with van der Waals surface area (Å²) in [5.74, 6) is 2.30. The zero-order valence-electron chi connectivity index (χ0n) is 14.2. The second-order valence-electron chi connectivity index (χ2n) is 9.31. The van der Waals surface area contributed by atoms with Gasteiger partial charge in [0.15, 0.2) is 0 Å². The maximum absolute atomic E-state index is 2.49. The van der Waals surface area contributed by atoms with Crippen molar-refractivity contribution >= 4 is 0 Å². The van der Waals surface area contributed by atoms with Gasteiger partial charge in [-0.1, -0.05) is 72.7 Å². The van der Waals surface area contributed by atoms with Gasteiger partial charge in [-0.15, -0.1) is 0 Å². The molecule has 0 aromatic heterocycles. The molecule has 0 spiro atoms. The molecule has 2 aliphatic rings. The Labute approximate surface area is 125 Å². The van der Waals surface area contributed by atoms with E-state index in [4.69, 9.17) is 0 Å². The molecule has 0 aliphatic heterocycles. The predicted octanol–water partition coefficient (Wildman–Crippen LogP) is 5.99. The fourth-order valence-corrected chi connectivity index (χ4v) is 5.05. The second kappa shape index (κ2) is 3.90. The van der Waals surface area contributed by atoms with Crippen molar-refractivity contribution < 1.29 is 0 Å².